The summed E-state index contributed by atoms with van der Waals surface area (Å²) in [6.45, 7) is 2.71. The van der Waals surface area contributed by atoms with Crippen LogP contribution in [0.25, 0.3) is 22.4 Å². The smallest absolute Gasteiger partial charge is 0.308 e. The van der Waals surface area contributed by atoms with Crippen LogP contribution in [-0.2, 0) is 4.79 Å². The normalized spacial score (nSPS) is 20.4. The summed E-state index contributed by atoms with van der Waals surface area (Å²) in [5.74, 6) is -0.961. The topological polar surface area (TPSA) is 99.4 Å². The summed E-state index contributed by atoms with van der Waals surface area (Å²) >= 11 is 0. The van der Waals surface area contributed by atoms with Gasteiger partial charge in [-0.3, -0.25) is 14.7 Å². The number of benzene rings is 1. The van der Waals surface area contributed by atoms with Gasteiger partial charge in [-0.15, -0.1) is 0 Å². The van der Waals surface area contributed by atoms with Crippen LogP contribution in [0.3, 0.4) is 0 Å². The summed E-state index contributed by atoms with van der Waals surface area (Å²) in [5.41, 5.74) is 1.63. The Morgan fingerprint density at radius 2 is 2.12 bits per heavy atom. The molecule has 0 spiro atoms. The van der Waals surface area contributed by atoms with Crippen LogP contribution < -0.4 is 0 Å². The lowest BCUT2D eigenvalue weighted by Gasteiger charge is -2.34. The molecule has 0 saturated carbocycles. The van der Waals surface area contributed by atoms with E-state index < -0.39 is 11.9 Å². The molecule has 7 nitrogen and oxygen atoms in total. The third-order valence-corrected chi connectivity index (χ3v) is 4.84. The highest BCUT2D eigenvalue weighted by atomic mass is 16.4. The molecule has 2 atom stereocenters. The fourth-order valence-electron chi connectivity index (χ4n) is 3.61. The second-order valence-electron chi connectivity index (χ2n) is 6.89. The lowest BCUT2D eigenvalue weighted by Crippen LogP contribution is -2.45. The van der Waals surface area contributed by atoms with E-state index in [2.05, 4.69) is 10.2 Å². The summed E-state index contributed by atoms with van der Waals surface area (Å²) in [7, 11) is 0. The Hall–Kier alpha value is -3.09. The number of rotatable bonds is 3. The Morgan fingerprint density at radius 1 is 1.31 bits per heavy atom. The first-order valence-electron chi connectivity index (χ1n) is 8.57. The number of carboxylic acids is 1. The molecule has 4 rings (SSSR count). The number of likely N-dealkylation sites (tertiary alicyclic amines) is 1. The molecule has 7 heteroatoms. The van der Waals surface area contributed by atoms with Gasteiger partial charge in [-0.2, -0.15) is 5.10 Å². The maximum absolute atomic E-state index is 13.0. The van der Waals surface area contributed by atoms with E-state index >= 15 is 0 Å². The van der Waals surface area contributed by atoms with Crippen LogP contribution in [0.1, 0.15) is 23.7 Å². The highest BCUT2D eigenvalue weighted by Crippen LogP contribution is 2.30. The first kappa shape index (κ1) is 16.4. The first-order valence-corrected chi connectivity index (χ1v) is 8.57. The second-order valence-corrected chi connectivity index (χ2v) is 6.89. The Labute approximate surface area is 149 Å². The summed E-state index contributed by atoms with van der Waals surface area (Å²) < 4.78 is 5.83. The number of amides is 1. The van der Waals surface area contributed by atoms with E-state index in [0.717, 1.165) is 11.0 Å². The monoisotopic (exact) mass is 353 g/mol. The minimum atomic E-state index is -0.862. The molecule has 1 amide bonds. The number of hydrogen-bond donors (Lipinski definition) is 2. The molecule has 0 aliphatic carbocycles. The van der Waals surface area contributed by atoms with Gasteiger partial charge in [-0.1, -0.05) is 25.1 Å². The fourth-order valence-corrected chi connectivity index (χ4v) is 3.61. The number of nitrogens with one attached hydrogen (secondary N) is 1. The maximum Gasteiger partial charge on any atom is 0.308 e. The SMILES string of the molecule is CC1CC(C(=O)O)CN(C(=O)c2cn[nH]c2-c2cc3ccccc3o2)C1. The van der Waals surface area contributed by atoms with Gasteiger partial charge in [0.2, 0.25) is 0 Å². The van der Waals surface area contributed by atoms with Gasteiger partial charge in [0, 0.05) is 18.5 Å². The van der Waals surface area contributed by atoms with Crippen molar-refractivity contribution in [2.24, 2.45) is 11.8 Å². The first-order chi connectivity index (χ1) is 12.5. The molecule has 1 aliphatic rings. The van der Waals surface area contributed by atoms with Gasteiger partial charge in [0.15, 0.2) is 5.76 Å². The zero-order chi connectivity index (χ0) is 18.3. The largest absolute Gasteiger partial charge is 0.481 e. The lowest BCUT2D eigenvalue weighted by molar-refractivity contribution is -0.143. The minimum absolute atomic E-state index is 0.135. The highest BCUT2D eigenvalue weighted by Gasteiger charge is 2.33. The minimum Gasteiger partial charge on any atom is -0.481 e. The Bertz CT molecular complexity index is 941. The van der Waals surface area contributed by atoms with E-state index in [-0.39, 0.29) is 18.4 Å². The van der Waals surface area contributed by atoms with Crippen molar-refractivity contribution >= 4 is 22.8 Å². The zero-order valence-electron chi connectivity index (χ0n) is 14.3. The van der Waals surface area contributed by atoms with Gasteiger partial charge < -0.3 is 14.4 Å². The number of aromatic amines is 1. The van der Waals surface area contributed by atoms with E-state index in [1.54, 1.807) is 4.90 Å². The van der Waals surface area contributed by atoms with Crippen molar-refractivity contribution < 1.29 is 19.1 Å². The van der Waals surface area contributed by atoms with Crippen LogP contribution in [-0.4, -0.2) is 45.2 Å². The summed E-state index contributed by atoms with van der Waals surface area (Å²) in [6.07, 6.45) is 2.06. The molecular formula is C19H19N3O4. The number of fused-ring (bicyclic) bond motifs is 1. The number of para-hydroxylation sites is 1. The van der Waals surface area contributed by atoms with E-state index in [0.29, 0.717) is 30.0 Å². The molecule has 0 radical (unpaired) electrons. The molecule has 1 fully saturated rings. The molecule has 2 aromatic heterocycles. The van der Waals surface area contributed by atoms with Crippen LogP contribution in [0, 0.1) is 11.8 Å². The number of carbonyl (C=O) groups excluding carboxylic acids is 1. The van der Waals surface area contributed by atoms with E-state index in [9.17, 15) is 14.7 Å². The Balaban J connectivity index is 1.65. The molecule has 0 bridgehead atoms. The maximum atomic E-state index is 13.0. The van der Waals surface area contributed by atoms with E-state index in [1.807, 2.05) is 37.3 Å². The molecule has 3 heterocycles. The lowest BCUT2D eigenvalue weighted by atomic mass is 9.90. The predicted molar refractivity (Wildman–Crippen MR) is 94.6 cm³/mol. The van der Waals surface area contributed by atoms with Gasteiger partial charge >= 0.3 is 5.97 Å². The number of nitrogens with zero attached hydrogens (tertiary/aromatic N) is 2. The number of H-pyrrole nitrogens is 1. The van der Waals surface area contributed by atoms with Gasteiger partial charge in [0.05, 0.1) is 17.7 Å². The standard InChI is InChI=1S/C19H19N3O4/c1-11-6-13(19(24)25)10-22(9-11)18(23)14-8-20-21-17(14)16-7-12-4-2-3-5-15(12)26-16/h2-5,7-8,11,13H,6,9-10H2,1H3,(H,20,21)(H,24,25). The number of aromatic nitrogens is 2. The third kappa shape index (κ3) is 2.85. The van der Waals surface area contributed by atoms with Gasteiger partial charge in [-0.25, -0.2) is 0 Å². The van der Waals surface area contributed by atoms with Crippen LogP contribution in [0.5, 0.6) is 0 Å². The molecule has 134 valence electrons. The molecule has 26 heavy (non-hydrogen) atoms. The van der Waals surface area contributed by atoms with Gasteiger partial charge in [0.1, 0.15) is 11.3 Å². The summed E-state index contributed by atoms with van der Waals surface area (Å²) in [6, 6.07) is 9.46. The van der Waals surface area contributed by atoms with E-state index in [4.69, 9.17) is 4.42 Å². The molecule has 1 aromatic carbocycles. The average molecular weight is 353 g/mol. The van der Waals surface area contributed by atoms with Crippen molar-refractivity contribution in [2.75, 3.05) is 13.1 Å². The van der Waals surface area contributed by atoms with Crippen LogP contribution in [0.2, 0.25) is 0 Å². The van der Waals surface area contributed by atoms with Crippen molar-refractivity contribution in [3.05, 3.63) is 42.1 Å². The summed E-state index contributed by atoms with van der Waals surface area (Å²) in [4.78, 5) is 26.0. The second kappa shape index (κ2) is 6.33. The molecule has 1 saturated heterocycles. The number of aliphatic carboxylic acids is 1. The fraction of sp³-hybridized carbons (Fsp3) is 0.316. The van der Waals surface area contributed by atoms with Crippen molar-refractivity contribution in [3.8, 4) is 11.5 Å². The number of piperidine rings is 1. The van der Waals surface area contributed by atoms with Crippen molar-refractivity contribution in [3.63, 3.8) is 0 Å². The molecule has 2 unspecified atom stereocenters. The zero-order valence-corrected chi connectivity index (χ0v) is 14.3. The van der Waals surface area contributed by atoms with Crippen LogP contribution in [0.4, 0.5) is 0 Å². The third-order valence-electron chi connectivity index (χ3n) is 4.84. The number of hydrogen-bond acceptors (Lipinski definition) is 4. The highest BCUT2D eigenvalue weighted by molar-refractivity contribution is 6.00. The quantitative estimate of drug-likeness (QED) is 0.754. The number of furan rings is 1. The molecular weight excluding hydrogens is 334 g/mol. The van der Waals surface area contributed by atoms with Crippen LogP contribution >= 0.6 is 0 Å². The molecule has 2 N–H and O–H groups in total. The average Bonchev–Trinajstić information content (AvgIpc) is 3.26. The summed E-state index contributed by atoms with van der Waals surface area (Å²) in [5, 5.41) is 17.1. The van der Waals surface area contributed by atoms with Crippen molar-refractivity contribution in [2.45, 2.75) is 13.3 Å². The van der Waals surface area contributed by atoms with Gasteiger partial charge in [-0.05, 0) is 24.5 Å². The molecule has 3 aromatic rings. The Morgan fingerprint density at radius 3 is 2.88 bits per heavy atom. The van der Waals surface area contributed by atoms with E-state index in [1.165, 1.54) is 6.20 Å². The van der Waals surface area contributed by atoms with Crippen molar-refractivity contribution in [1.29, 1.82) is 0 Å². The predicted octanol–water partition coefficient (Wildman–Crippen LogP) is 3.01. The number of carbonyl (C=O) groups is 2. The number of carboxylic acid groups (broad SMARTS) is 1. The molecule has 1 aliphatic heterocycles. The van der Waals surface area contributed by atoms with Gasteiger partial charge in [0.25, 0.3) is 5.91 Å². The Kier molecular flexibility index (Phi) is 3.99. The van der Waals surface area contributed by atoms with Crippen molar-refractivity contribution in [1.82, 2.24) is 15.1 Å². The van der Waals surface area contributed by atoms with Crippen LogP contribution in [0.15, 0.2) is 40.9 Å².